The lowest BCUT2D eigenvalue weighted by Crippen LogP contribution is -2.44. The third-order valence-corrected chi connectivity index (χ3v) is 4.98. The number of amides is 1. The molecule has 4 rings (SSSR count). The second-order valence-corrected chi connectivity index (χ2v) is 6.49. The zero-order valence-corrected chi connectivity index (χ0v) is 15.4. The van der Waals surface area contributed by atoms with Gasteiger partial charge in [-0.3, -0.25) is 4.79 Å². The van der Waals surface area contributed by atoms with Crippen LogP contribution in [0.4, 0.5) is 5.69 Å². The SMILES string of the molecule is COCCN1C(=O)c2ccccc2NC1c1c(OC)ccc2ccccc12. The molecule has 0 bridgehead atoms. The lowest BCUT2D eigenvalue weighted by molar-refractivity contribution is 0.0608. The van der Waals surface area contributed by atoms with E-state index in [9.17, 15) is 4.79 Å². The van der Waals surface area contributed by atoms with Crippen molar-refractivity contribution in [3.63, 3.8) is 0 Å². The Morgan fingerprint density at radius 2 is 1.78 bits per heavy atom. The summed E-state index contributed by atoms with van der Waals surface area (Å²) >= 11 is 0. The predicted octanol–water partition coefficient (Wildman–Crippen LogP) is 4.06. The number of nitrogens with zero attached hydrogens (tertiary/aromatic N) is 1. The zero-order chi connectivity index (χ0) is 18.8. The summed E-state index contributed by atoms with van der Waals surface area (Å²) in [5.74, 6) is 0.738. The van der Waals surface area contributed by atoms with Gasteiger partial charge in [0.25, 0.3) is 5.91 Å². The number of hydrogen-bond donors (Lipinski definition) is 1. The number of carbonyl (C=O) groups is 1. The smallest absolute Gasteiger partial charge is 0.257 e. The second-order valence-electron chi connectivity index (χ2n) is 6.49. The molecular weight excluding hydrogens is 340 g/mol. The molecule has 27 heavy (non-hydrogen) atoms. The number of ether oxygens (including phenoxy) is 2. The molecule has 1 amide bonds. The molecule has 1 aliphatic rings. The molecule has 0 aliphatic carbocycles. The van der Waals surface area contributed by atoms with Gasteiger partial charge >= 0.3 is 0 Å². The summed E-state index contributed by atoms with van der Waals surface area (Å²) in [5, 5.41) is 5.70. The minimum absolute atomic E-state index is 0.0126. The third-order valence-electron chi connectivity index (χ3n) is 4.98. The summed E-state index contributed by atoms with van der Waals surface area (Å²) in [6.45, 7) is 0.937. The van der Waals surface area contributed by atoms with E-state index in [1.807, 2.05) is 53.4 Å². The van der Waals surface area contributed by atoms with Crippen LogP contribution in [0.1, 0.15) is 22.1 Å². The van der Waals surface area contributed by atoms with Crippen LogP contribution in [0.2, 0.25) is 0 Å². The van der Waals surface area contributed by atoms with Crippen LogP contribution in [0.25, 0.3) is 10.8 Å². The zero-order valence-electron chi connectivity index (χ0n) is 15.4. The van der Waals surface area contributed by atoms with Gasteiger partial charge < -0.3 is 19.7 Å². The predicted molar refractivity (Wildman–Crippen MR) is 106 cm³/mol. The van der Waals surface area contributed by atoms with Crippen LogP contribution in [-0.4, -0.2) is 38.2 Å². The van der Waals surface area contributed by atoms with Crippen molar-refractivity contribution < 1.29 is 14.3 Å². The second kappa shape index (κ2) is 7.29. The molecule has 3 aromatic carbocycles. The van der Waals surface area contributed by atoms with Gasteiger partial charge in [0.05, 0.1) is 19.3 Å². The van der Waals surface area contributed by atoms with Crippen molar-refractivity contribution in [3.05, 3.63) is 71.8 Å². The highest BCUT2D eigenvalue weighted by Crippen LogP contribution is 2.40. The minimum atomic E-state index is -0.344. The number of anilines is 1. The van der Waals surface area contributed by atoms with Crippen molar-refractivity contribution in [1.29, 1.82) is 0 Å². The molecule has 0 aromatic heterocycles. The molecule has 138 valence electrons. The Morgan fingerprint density at radius 1 is 1.00 bits per heavy atom. The molecule has 0 fully saturated rings. The number of rotatable bonds is 5. The Labute approximate surface area is 158 Å². The number of methoxy groups -OCH3 is 2. The largest absolute Gasteiger partial charge is 0.496 e. The summed E-state index contributed by atoms with van der Waals surface area (Å²) < 4.78 is 10.9. The van der Waals surface area contributed by atoms with E-state index < -0.39 is 0 Å². The van der Waals surface area contributed by atoms with Gasteiger partial charge in [-0.1, -0.05) is 42.5 Å². The number of carbonyl (C=O) groups excluding carboxylic acids is 1. The Kier molecular flexibility index (Phi) is 4.69. The van der Waals surface area contributed by atoms with E-state index in [0.717, 1.165) is 27.8 Å². The highest BCUT2D eigenvalue weighted by molar-refractivity contribution is 6.02. The van der Waals surface area contributed by atoms with Gasteiger partial charge in [0, 0.05) is 24.9 Å². The topological polar surface area (TPSA) is 50.8 Å². The van der Waals surface area contributed by atoms with Gasteiger partial charge in [0.1, 0.15) is 11.9 Å². The van der Waals surface area contributed by atoms with Gasteiger partial charge in [-0.2, -0.15) is 0 Å². The van der Waals surface area contributed by atoms with Crippen LogP contribution in [0.15, 0.2) is 60.7 Å². The molecule has 0 saturated heterocycles. The van der Waals surface area contributed by atoms with Crippen LogP contribution in [0.5, 0.6) is 5.75 Å². The van der Waals surface area contributed by atoms with Crippen molar-refractivity contribution in [1.82, 2.24) is 4.90 Å². The summed E-state index contributed by atoms with van der Waals surface area (Å²) in [6.07, 6.45) is -0.344. The minimum Gasteiger partial charge on any atom is -0.496 e. The standard InChI is InChI=1S/C22H22N2O3/c1-26-14-13-24-21(23-18-10-6-5-9-17(18)22(24)25)20-16-8-4-3-7-15(16)11-12-19(20)27-2/h3-12,21,23H,13-14H2,1-2H3. The fraction of sp³-hybridized carbons (Fsp3) is 0.227. The molecule has 0 saturated carbocycles. The average molecular weight is 362 g/mol. The van der Waals surface area contributed by atoms with Crippen molar-refractivity contribution in [2.75, 3.05) is 32.7 Å². The molecule has 1 heterocycles. The monoisotopic (exact) mass is 362 g/mol. The summed E-state index contributed by atoms with van der Waals surface area (Å²) in [6, 6.07) is 19.7. The van der Waals surface area contributed by atoms with Gasteiger partial charge in [-0.15, -0.1) is 0 Å². The lowest BCUT2D eigenvalue weighted by Gasteiger charge is -2.39. The lowest BCUT2D eigenvalue weighted by atomic mass is 9.97. The number of para-hydroxylation sites is 1. The van der Waals surface area contributed by atoms with Crippen LogP contribution in [0, 0.1) is 0 Å². The Hall–Kier alpha value is -3.05. The Balaban J connectivity index is 1.91. The Bertz CT molecular complexity index is 986. The first-order valence-corrected chi connectivity index (χ1v) is 8.95. The van der Waals surface area contributed by atoms with E-state index in [4.69, 9.17) is 9.47 Å². The number of nitrogens with one attached hydrogen (secondary N) is 1. The molecule has 3 aromatic rings. The van der Waals surface area contributed by atoms with E-state index in [2.05, 4.69) is 17.4 Å². The van der Waals surface area contributed by atoms with Gasteiger partial charge in [0.15, 0.2) is 0 Å². The van der Waals surface area contributed by atoms with E-state index in [-0.39, 0.29) is 12.1 Å². The molecule has 1 atom stereocenters. The van der Waals surface area contributed by atoms with Crippen LogP contribution in [0.3, 0.4) is 0 Å². The summed E-state index contributed by atoms with van der Waals surface area (Å²) in [4.78, 5) is 15.0. The van der Waals surface area contributed by atoms with Gasteiger partial charge in [0.2, 0.25) is 0 Å². The first-order valence-electron chi connectivity index (χ1n) is 8.95. The van der Waals surface area contributed by atoms with Crippen LogP contribution < -0.4 is 10.1 Å². The number of hydrogen-bond acceptors (Lipinski definition) is 4. The highest BCUT2D eigenvalue weighted by Gasteiger charge is 2.35. The van der Waals surface area contributed by atoms with Gasteiger partial charge in [-0.25, -0.2) is 0 Å². The summed E-state index contributed by atoms with van der Waals surface area (Å²) in [5.41, 5.74) is 2.45. The molecule has 1 aliphatic heterocycles. The number of fused-ring (bicyclic) bond motifs is 2. The molecule has 0 radical (unpaired) electrons. The molecule has 1 unspecified atom stereocenters. The first-order chi connectivity index (χ1) is 13.2. The maximum atomic E-state index is 13.2. The quantitative estimate of drug-likeness (QED) is 0.744. The van der Waals surface area contributed by atoms with E-state index in [1.165, 1.54) is 0 Å². The number of benzene rings is 3. The Morgan fingerprint density at radius 3 is 2.59 bits per heavy atom. The molecule has 1 N–H and O–H groups in total. The first kappa shape index (κ1) is 17.4. The van der Waals surface area contributed by atoms with Crippen LogP contribution >= 0.6 is 0 Å². The van der Waals surface area contributed by atoms with Gasteiger partial charge in [-0.05, 0) is 29.0 Å². The van der Waals surface area contributed by atoms with Crippen molar-refractivity contribution in [3.8, 4) is 5.75 Å². The van der Waals surface area contributed by atoms with Crippen molar-refractivity contribution in [2.45, 2.75) is 6.17 Å². The van der Waals surface area contributed by atoms with Crippen molar-refractivity contribution in [2.24, 2.45) is 0 Å². The molecule has 0 spiro atoms. The molecule has 5 nitrogen and oxygen atoms in total. The fourth-order valence-corrected chi connectivity index (χ4v) is 3.68. The maximum Gasteiger partial charge on any atom is 0.257 e. The average Bonchev–Trinajstić information content (AvgIpc) is 2.72. The third kappa shape index (κ3) is 3.00. The van der Waals surface area contributed by atoms with Crippen LogP contribution in [-0.2, 0) is 4.74 Å². The van der Waals surface area contributed by atoms with E-state index >= 15 is 0 Å². The normalized spacial score (nSPS) is 16.1. The molecular formula is C22H22N2O3. The fourth-order valence-electron chi connectivity index (χ4n) is 3.68. The summed E-state index contributed by atoms with van der Waals surface area (Å²) in [7, 11) is 3.30. The van der Waals surface area contributed by atoms with E-state index in [0.29, 0.717) is 18.7 Å². The molecule has 5 heteroatoms. The van der Waals surface area contributed by atoms with Crippen molar-refractivity contribution >= 4 is 22.4 Å². The van der Waals surface area contributed by atoms with E-state index in [1.54, 1.807) is 14.2 Å². The maximum absolute atomic E-state index is 13.2. The highest BCUT2D eigenvalue weighted by atomic mass is 16.5.